The van der Waals surface area contributed by atoms with Crippen LogP contribution in [0.2, 0.25) is 0 Å². The first kappa shape index (κ1) is 20.3. The van der Waals surface area contributed by atoms with Crippen LogP contribution in [0.4, 0.5) is 20.3 Å². The minimum atomic E-state index is -0.996. The summed E-state index contributed by atoms with van der Waals surface area (Å²) in [4.78, 5) is 33.3. The zero-order valence-corrected chi connectivity index (χ0v) is 15.1. The molecule has 0 aliphatic carbocycles. The van der Waals surface area contributed by atoms with Gasteiger partial charge in [-0.25, -0.2) is 8.78 Å². The predicted molar refractivity (Wildman–Crippen MR) is 103 cm³/mol. The van der Waals surface area contributed by atoms with Gasteiger partial charge in [-0.15, -0.1) is 4.68 Å². The molecule has 0 unspecified atom stereocenters. The number of nitro groups is 1. The van der Waals surface area contributed by atoms with E-state index >= 15 is 0 Å². The summed E-state index contributed by atoms with van der Waals surface area (Å²) in [6.07, 6.45) is 2.15. The van der Waals surface area contributed by atoms with Crippen molar-refractivity contribution in [1.29, 1.82) is 0 Å². The summed E-state index contributed by atoms with van der Waals surface area (Å²) in [5.41, 5.74) is 4.60. The quantitative estimate of drug-likeness (QED) is 0.364. The first-order chi connectivity index (χ1) is 14.2. The molecule has 0 fully saturated rings. The van der Waals surface area contributed by atoms with Gasteiger partial charge in [0, 0.05) is 5.69 Å². The number of nitrogens with two attached hydrogens (primary N) is 1. The number of hydrogen-bond donors (Lipinski definition) is 2. The van der Waals surface area contributed by atoms with E-state index in [1.165, 1.54) is 18.2 Å². The third-order valence-corrected chi connectivity index (χ3v) is 4.06. The molecule has 0 aliphatic heterocycles. The molecule has 1 aromatic heterocycles. The highest BCUT2D eigenvalue weighted by Crippen LogP contribution is 2.32. The monoisotopic (exact) mass is 413 g/mol. The van der Waals surface area contributed by atoms with Gasteiger partial charge in [-0.1, -0.05) is 12.6 Å². The molecule has 3 aromatic rings. The van der Waals surface area contributed by atoms with Gasteiger partial charge in [-0.05, 0) is 46.9 Å². The molecule has 0 atom stereocenters. The highest BCUT2D eigenvalue weighted by atomic mass is 19.1. The first-order valence-corrected chi connectivity index (χ1v) is 8.28. The highest BCUT2D eigenvalue weighted by molar-refractivity contribution is 5.99. The van der Waals surface area contributed by atoms with Gasteiger partial charge >= 0.3 is 5.82 Å². The number of aromatic nitrogens is 2. The van der Waals surface area contributed by atoms with Crippen molar-refractivity contribution in [2.24, 2.45) is 5.73 Å². The molecule has 152 valence electrons. The molecule has 1 heterocycles. The first-order valence-electron chi connectivity index (χ1n) is 8.28. The Hall–Kier alpha value is -4.41. The molecule has 30 heavy (non-hydrogen) atoms. The van der Waals surface area contributed by atoms with Crippen molar-refractivity contribution in [2.75, 3.05) is 5.32 Å². The maximum Gasteiger partial charge on any atom is 0.398 e. The third kappa shape index (κ3) is 3.90. The van der Waals surface area contributed by atoms with Crippen LogP contribution in [0.1, 0.15) is 10.4 Å². The van der Waals surface area contributed by atoms with Gasteiger partial charge in [-0.3, -0.25) is 9.59 Å². The van der Waals surface area contributed by atoms with Gasteiger partial charge in [0.2, 0.25) is 5.91 Å². The Morgan fingerprint density at radius 1 is 1.20 bits per heavy atom. The summed E-state index contributed by atoms with van der Waals surface area (Å²) >= 11 is 0. The van der Waals surface area contributed by atoms with Crippen LogP contribution in [-0.4, -0.2) is 26.5 Å². The lowest BCUT2D eigenvalue weighted by molar-refractivity contribution is -0.389. The predicted octanol–water partition coefficient (Wildman–Crippen LogP) is 2.95. The van der Waals surface area contributed by atoms with Gasteiger partial charge < -0.3 is 21.2 Å². The number of primary amides is 1. The van der Waals surface area contributed by atoms with Crippen LogP contribution in [-0.2, 0) is 4.79 Å². The van der Waals surface area contributed by atoms with E-state index in [0.717, 1.165) is 35.2 Å². The van der Waals surface area contributed by atoms with Crippen molar-refractivity contribution in [3.05, 3.63) is 82.6 Å². The van der Waals surface area contributed by atoms with Crippen LogP contribution < -0.4 is 11.1 Å². The molecule has 0 radical (unpaired) electrons. The number of nitrogens with zero attached hydrogens (tertiary/aromatic N) is 3. The van der Waals surface area contributed by atoms with Gasteiger partial charge in [-0.2, -0.15) is 0 Å². The lowest BCUT2D eigenvalue weighted by atomic mass is 10.1. The molecule has 0 saturated carbocycles. The van der Waals surface area contributed by atoms with E-state index < -0.39 is 34.2 Å². The number of hydrogen-bond acceptors (Lipinski definition) is 5. The summed E-state index contributed by atoms with van der Waals surface area (Å²) in [6, 6.07) is 6.79. The summed E-state index contributed by atoms with van der Waals surface area (Å²) < 4.78 is 29.4. The molecule has 0 spiro atoms. The van der Waals surface area contributed by atoms with Crippen molar-refractivity contribution >= 4 is 23.3 Å². The lowest BCUT2D eigenvalue weighted by Gasteiger charge is -2.05. The fraction of sp³-hybridized carbons (Fsp3) is 0. The zero-order valence-electron chi connectivity index (χ0n) is 15.1. The number of anilines is 1. The standard InChI is InChI=1S/C19H13F2N5O4/c1-2-17(27)23-11-4-6-14(20)16(8-11)25-9-13(19(24-25)26(29)30)10-3-5-12(18(22)28)15(21)7-10/h2-9H,1H2,(H2,22,28)(H,23,27). The zero-order chi connectivity index (χ0) is 22.0. The fourth-order valence-electron chi connectivity index (χ4n) is 2.67. The fourth-order valence-corrected chi connectivity index (χ4v) is 2.67. The summed E-state index contributed by atoms with van der Waals surface area (Å²) in [7, 11) is 0. The van der Waals surface area contributed by atoms with E-state index in [9.17, 15) is 28.5 Å². The molecule has 3 rings (SSSR count). The van der Waals surface area contributed by atoms with E-state index in [0.29, 0.717) is 0 Å². The molecule has 0 aliphatic rings. The van der Waals surface area contributed by atoms with Crippen LogP contribution >= 0.6 is 0 Å². The van der Waals surface area contributed by atoms with Crippen LogP contribution in [0.5, 0.6) is 0 Å². The SMILES string of the molecule is C=CC(=O)Nc1ccc(F)c(-n2cc(-c3ccc(C(N)=O)c(F)c3)c([N+](=O)[O-])n2)c1. The average Bonchev–Trinajstić information content (AvgIpc) is 3.14. The maximum absolute atomic E-state index is 14.4. The van der Waals surface area contributed by atoms with E-state index in [-0.39, 0.29) is 28.1 Å². The smallest absolute Gasteiger partial charge is 0.366 e. The molecule has 3 N–H and O–H groups in total. The van der Waals surface area contributed by atoms with Crippen LogP contribution in [0.15, 0.2) is 55.3 Å². The van der Waals surface area contributed by atoms with Crippen LogP contribution in [0, 0.1) is 21.7 Å². The van der Waals surface area contributed by atoms with Gasteiger partial charge in [0.1, 0.15) is 17.1 Å². The Morgan fingerprint density at radius 2 is 1.93 bits per heavy atom. The summed E-state index contributed by atoms with van der Waals surface area (Å²) in [5, 5.41) is 17.6. The number of amides is 2. The molecule has 2 amide bonds. The second kappa shape index (κ2) is 7.91. The van der Waals surface area contributed by atoms with Crippen molar-refractivity contribution in [3.63, 3.8) is 0 Å². The number of rotatable bonds is 6. The van der Waals surface area contributed by atoms with Gasteiger partial charge in [0.15, 0.2) is 5.82 Å². The summed E-state index contributed by atoms with van der Waals surface area (Å²) in [6.45, 7) is 3.31. The maximum atomic E-state index is 14.4. The van der Waals surface area contributed by atoms with E-state index in [1.54, 1.807) is 0 Å². The minimum Gasteiger partial charge on any atom is -0.366 e. The Kier molecular flexibility index (Phi) is 5.36. The Balaban J connectivity index is 2.12. The second-order valence-electron chi connectivity index (χ2n) is 5.99. The largest absolute Gasteiger partial charge is 0.398 e. The summed E-state index contributed by atoms with van der Waals surface area (Å²) in [5.74, 6) is -3.94. The van der Waals surface area contributed by atoms with Crippen molar-refractivity contribution in [3.8, 4) is 16.8 Å². The third-order valence-electron chi connectivity index (χ3n) is 4.06. The van der Waals surface area contributed by atoms with Gasteiger partial charge in [0.25, 0.3) is 5.91 Å². The topological polar surface area (TPSA) is 133 Å². The normalized spacial score (nSPS) is 10.5. The van der Waals surface area contributed by atoms with Gasteiger partial charge in [0.05, 0.1) is 16.9 Å². The number of halogens is 2. The Bertz CT molecular complexity index is 1210. The molecule has 11 heteroatoms. The number of benzene rings is 2. The molecular formula is C19H13F2N5O4. The van der Waals surface area contributed by atoms with E-state index in [1.807, 2.05) is 0 Å². The van der Waals surface area contributed by atoms with Crippen LogP contribution in [0.3, 0.4) is 0 Å². The minimum absolute atomic E-state index is 0.0342. The highest BCUT2D eigenvalue weighted by Gasteiger charge is 2.25. The lowest BCUT2D eigenvalue weighted by Crippen LogP contribution is -2.12. The molecular weight excluding hydrogens is 400 g/mol. The average molecular weight is 413 g/mol. The Labute approximate surface area is 167 Å². The molecule has 2 aromatic carbocycles. The van der Waals surface area contributed by atoms with Crippen molar-refractivity contribution < 1.29 is 23.3 Å². The van der Waals surface area contributed by atoms with E-state index in [2.05, 4.69) is 17.0 Å². The van der Waals surface area contributed by atoms with Crippen molar-refractivity contribution in [1.82, 2.24) is 9.78 Å². The molecule has 0 bridgehead atoms. The Morgan fingerprint density at radius 3 is 2.53 bits per heavy atom. The molecule has 0 saturated heterocycles. The van der Waals surface area contributed by atoms with Crippen LogP contribution in [0.25, 0.3) is 16.8 Å². The number of carbonyl (C=O) groups is 2. The van der Waals surface area contributed by atoms with Crippen molar-refractivity contribution in [2.45, 2.75) is 0 Å². The molecule has 9 nitrogen and oxygen atoms in total. The number of carbonyl (C=O) groups excluding carboxylic acids is 2. The number of nitrogens with one attached hydrogen (secondary N) is 1. The van der Waals surface area contributed by atoms with E-state index in [4.69, 9.17) is 5.73 Å². The second-order valence-corrected chi connectivity index (χ2v) is 5.99.